The van der Waals surface area contributed by atoms with Crippen LogP contribution >= 0.6 is 11.6 Å². The molecule has 0 saturated heterocycles. The Morgan fingerprint density at radius 3 is 2.94 bits per heavy atom. The Kier molecular flexibility index (Phi) is 2.81. The van der Waals surface area contributed by atoms with Crippen molar-refractivity contribution in [2.24, 2.45) is 0 Å². The standard InChI is InChI=1S/C12H13ClN4/c13-12-16-15-11(10-3-4-10)17(12)7-5-9-2-1-6-14-8-9/h1-2,6,8,10H,3-5,7H2. The van der Waals surface area contributed by atoms with E-state index in [1.54, 1.807) is 6.20 Å². The molecule has 2 heterocycles. The number of rotatable bonds is 4. The first-order valence-electron chi connectivity index (χ1n) is 5.82. The Hall–Kier alpha value is -1.42. The average Bonchev–Trinajstić information content (AvgIpc) is 3.13. The van der Waals surface area contributed by atoms with Crippen molar-refractivity contribution in [3.05, 3.63) is 41.2 Å². The van der Waals surface area contributed by atoms with E-state index in [4.69, 9.17) is 11.6 Å². The Morgan fingerprint density at radius 2 is 2.24 bits per heavy atom. The maximum Gasteiger partial charge on any atom is 0.225 e. The highest BCUT2D eigenvalue weighted by Crippen LogP contribution is 2.39. The molecule has 0 atom stereocenters. The van der Waals surface area contributed by atoms with Crippen LogP contribution in [0.25, 0.3) is 0 Å². The van der Waals surface area contributed by atoms with Crippen molar-refractivity contribution in [1.29, 1.82) is 0 Å². The van der Waals surface area contributed by atoms with Gasteiger partial charge >= 0.3 is 0 Å². The van der Waals surface area contributed by atoms with Crippen LogP contribution in [0.5, 0.6) is 0 Å². The van der Waals surface area contributed by atoms with E-state index in [0.29, 0.717) is 11.2 Å². The van der Waals surface area contributed by atoms with Gasteiger partial charge in [0.1, 0.15) is 5.82 Å². The third kappa shape index (κ3) is 2.31. The van der Waals surface area contributed by atoms with Gasteiger partial charge in [0.25, 0.3) is 0 Å². The first kappa shape index (κ1) is 10.7. The van der Waals surface area contributed by atoms with Crippen molar-refractivity contribution in [2.75, 3.05) is 0 Å². The third-order valence-corrected chi connectivity index (χ3v) is 3.30. The second-order valence-corrected chi connectivity index (χ2v) is 4.70. The van der Waals surface area contributed by atoms with Crippen LogP contribution in [0.1, 0.15) is 30.1 Å². The molecule has 0 amide bonds. The Morgan fingerprint density at radius 1 is 1.35 bits per heavy atom. The SMILES string of the molecule is Clc1nnc(C2CC2)n1CCc1cccnc1. The summed E-state index contributed by atoms with van der Waals surface area (Å²) in [6.45, 7) is 0.823. The molecule has 0 radical (unpaired) electrons. The van der Waals surface area contributed by atoms with Gasteiger partial charge in [0, 0.05) is 24.9 Å². The van der Waals surface area contributed by atoms with Crippen LogP contribution < -0.4 is 0 Å². The second kappa shape index (κ2) is 4.45. The van der Waals surface area contributed by atoms with E-state index in [9.17, 15) is 0 Å². The fourth-order valence-electron chi connectivity index (χ4n) is 1.93. The Bertz CT molecular complexity index is 504. The zero-order valence-electron chi connectivity index (χ0n) is 9.38. The number of halogens is 1. The van der Waals surface area contributed by atoms with Crippen molar-refractivity contribution in [2.45, 2.75) is 31.7 Å². The number of aromatic nitrogens is 4. The minimum absolute atomic E-state index is 0.496. The summed E-state index contributed by atoms with van der Waals surface area (Å²) in [6.07, 6.45) is 7.00. The fourth-order valence-corrected chi connectivity index (χ4v) is 2.14. The number of aryl methyl sites for hydroxylation is 1. The monoisotopic (exact) mass is 248 g/mol. The molecule has 4 nitrogen and oxygen atoms in total. The van der Waals surface area contributed by atoms with Crippen LogP contribution in [0, 0.1) is 0 Å². The van der Waals surface area contributed by atoms with Crippen LogP contribution in [0.3, 0.4) is 0 Å². The van der Waals surface area contributed by atoms with Gasteiger partial charge in [0.15, 0.2) is 0 Å². The van der Waals surface area contributed by atoms with E-state index in [1.165, 1.54) is 18.4 Å². The molecule has 0 bridgehead atoms. The Balaban J connectivity index is 1.74. The Labute approximate surface area is 105 Å². The van der Waals surface area contributed by atoms with Crippen molar-refractivity contribution in [3.63, 3.8) is 0 Å². The van der Waals surface area contributed by atoms with Gasteiger partial charge in [-0.2, -0.15) is 0 Å². The topological polar surface area (TPSA) is 43.6 Å². The highest BCUT2D eigenvalue weighted by atomic mass is 35.5. The molecule has 88 valence electrons. The van der Waals surface area contributed by atoms with Gasteiger partial charge in [0.05, 0.1) is 0 Å². The lowest BCUT2D eigenvalue weighted by Crippen LogP contribution is -2.06. The molecule has 0 aliphatic heterocycles. The smallest absolute Gasteiger partial charge is 0.225 e. The largest absolute Gasteiger partial charge is 0.301 e. The summed E-state index contributed by atoms with van der Waals surface area (Å²) in [7, 11) is 0. The van der Waals surface area contributed by atoms with Gasteiger partial charge in [-0.15, -0.1) is 10.2 Å². The third-order valence-electron chi connectivity index (χ3n) is 3.02. The lowest BCUT2D eigenvalue weighted by Gasteiger charge is -2.06. The van der Waals surface area contributed by atoms with Crippen LogP contribution in [-0.2, 0) is 13.0 Å². The van der Waals surface area contributed by atoms with E-state index in [1.807, 2.05) is 16.8 Å². The molecule has 1 saturated carbocycles. The highest BCUT2D eigenvalue weighted by Gasteiger charge is 2.29. The molecule has 2 aromatic heterocycles. The predicted octanol–water partition coefficient (Wildman–Crippen LogP) is 2.45. The van der Waals surface area contributed by atoms with E-state index in [2.05, 4.69) is 21.2 Å². The molecule has 1 aliphatic rings. The van der Waals surface area contributed by atoms with Gasteiger partial charge in [-0.3, -0.25) is 4.98 Å². The summed E-state index contributed by atoms with van der Waals surface area (Å²) in [5, 5.41) is 8.60. The lowest BCUT2D eigenvalue weighted by molar-refractivity contribution is 0.652. The molecule has 0 aromatic carbocycles. The van der Waals surface area contributed by atoms with Gasteiger partial charge in [-0.25, -0.2) is 0 Å². The van der Waals surface area contributed by atoms with E-state index >= 15 is 0 Å². The summed E-state index contributed by atoms with van der Waals surface area (Å²) in [5.74, 6) is 1.61. The molecule has 3 rings (SSSR count). The highest BCUT2D eigenvalue weighted by molar-refractivity contribution is 6.28. The quantitative estimate of drug-likeness (QED) is 0.835. The molecule has 1 aliphatic carbocycles. The second-order valence-electron chi connectivity index (χ2n) is 4.36. The van der Waals surface area contributed by atoms with E-state index in [0.717, 1.165) is 18.8 Å². The molecule has 0 spiro atoms. The molecule has 0 unspecified atom stereocenters. The number of hydrogen-bond acceptors (Lipinski definition) is 3. The molecular formula is C12H13ClN4. The maximum absolute atomic E-state index is 6.06. The minimum atomic E-state index is 0.496. The first-order valence-corrected chi connectivity index (χ1v) is 6.20. The number of hydrogen-bond donors (Lipinski definition) is 0. The fraction of sp³-hybridized carbons (Fsp3) is 0.417. The van der Waals surface area contributed by atoms with Crippen LogP contribution in [-0.4, -0.2) is 19.7 Å². The molecule has 5 heteroatoms. The number of nitrogens with zero attached hydrogens (tertiary/aromatic N) is 4. The summed E-state index contributed by atoms with van der Waals surface area (Å²) in [6, 6.07) is 4.02. The normalized spacial score (nSPS) is 15.1. The molecule has 2 aromatic rings. The summed E-state index contributed by atoms with van der Waals surface area (Å²) in [4.78, 5) is 4.10. The van der Waals surface area contributed by atoms with Crippen molar-refractivity contribution in [1.82, 2.24) is 19.7 Å². The van der Waals surface area contributed by atoms with E-state index in [-0.39, 0.29) is 0 Å². The van der Waals surface area contributed by atoms with Crippen molar-refractivity contribution >= 4 is 11.6 Å². The first-order chi connectivity index (χ1) is 8.34. The van der Waals surface area contributed by atoms with Gasteiger partial charge in [0.2, 0.25) is 5.28 Å². The average molecular weight is 249 g/mol. The number of pyridine rings is 1. The molecule has 0 N–H and O–H groups in total. The summed E-state index contributed by atoms with van der Waals surface area (Å²) in [5.41, 5.74) is 1.21. The summed E-state index contributed by atoms with van der Waals surface area (Å²) < 4.78 is 2.02. The van der Waals surface area contributed by atoms with E-state index < -0.39 is 0 Å². The van der Waals surface area contributed by atoms with Crippen molar-refractivity contribution < 1.29 is 0 Å². The van der Waals surface area contributed by atoms with Crippen molar-refractivity contribution in [3.8, 4) is 0 Å². The maximum atomic E-state index is 6.06. The van der Waals surface area contributed by atoms with Crippen LogP contribution in [0.15, 0.2) is 24.5 Å². The zero-order valence-corrected chi connectivity index (χ0v) is 10.1. The lowest BCUT2D eigenvalue weighted by atomic mass is 10.2. The minimum Gasteiger partial charge on any atom is -0.301 e. The molecule has 17 heavy (non-hydrogen) atoms. The van der Waals surface area contributed by atoms with Crippen LogP contribution in [0.4, 0.5) is 0 Å². The van der Waals surface area contributed by atoms with Gasteiger partial charge in [-0.1, -0.05) is 6.07 Å². The zero-order chi connectivity index (χ0) is 11.7. The van der Waals surface area contributed by atoms with Gasteiger partial charge < -0.3 is 4.57 Å². The molecular weight excluding hydrogens is 236 g/mol. The summed E-state index contributed by atoms with van der Waals surface area (Å²) >= 11 is 6.06. The van der Waals surface area contributed by atoms with Crippen LogP contribution in [0.2, 0.25) is 5.28 Å². The van der Waals surface area contributed by atoms with Gasteiger partial charge in [-0.05, 0) is 42.5 Å². The predicted molar refractivity (Wildman–Crippen MR) is 64.9 cm³/mol. The molecule has 1 fully saturated rings.